The third-order valence-corrected chi connectivity index (χ3v) is 8.89. The number of anilines is 1. The van der Waals surface area contributed by atoms with Crippen molar-refractivity contribution in [1.29, 1.82) is 0 Å². The topological polar surface area (TPSA) is 62.8 Å². The molecule has 2 aromatic rings. The van der Waals surface area contributed by atoms with E-state index >= 15 is 0 Å². The van der Waals surface area contributed by atoms with Crippen LogP contribution in [0.2, 0.25) is 0 Å². The third kappa shape index (κ3) is 6.90. The number of hydrogen-bond acceptors (Lipinski definition) is 7. The van der Waals surface area contributed by atoms with E-state index in [1.54, 1.807) is 7.11 Å². The minimum atomic E-state index is 0.430. The van der Waals surface area contributed by atoms with Crippen molar-refractivity contribution in [3.8, 4) is 11.5 Å². The predicted molar refractivity (Wildman–Crippen MR) is 156 cm³/mol. The normalized spacial score (nSPS) is 20.7. The summed E-state index contributed by atoms with van der Waals surface area (Å²) in [6.45, 7) is 11.1. The lowest BCUT2D eigenvalue weighted by atomic mass is 9.88. The Labute approximate surface area is 229 Å². The first-order chi connectivity index (χ1) is 18.6. The average molecular weight is 524 g/mol. The number of aromatic nitrogens is 2. The lowest BCUT2D eigenvalue weighted by Gasteiger charge is -2.35. The second-order valence-electron chi connectivity index (χ2n) is 11.9. The van der Waals surface area contributed by atoms with Gasteiger partial charge in [0.2, 0.25) is 0 Å². The van der Waals surface area contributed by atoms with E-state index in [9.17, 15) is 0 Å². The molecule has 210 valence electrons. The highest BCUT2D eigenvalue weighted by Crippen LogP contribution is 2.38. The summed E-state index contributed by atoms with van der Waals surface area (Å²) in [5.41, 5.74) is 0.967. The van der Waals surface area contributed by atoms with E-state index in [0.717, 1.165) is 72.9 Å². The molecular weight excluding hydrogens is 474 g/mol. The molecule has 2 saturated heterocycles. The molecule has 0 radical (unpaired) electrons. The Morgan fingerprint density at radius 3 is 2.34 bits per heavy atom. The Hall–Kier alpha value is -2.12. The van der Waals surface area contributed by atoms with Crippen molar-refractivity contribution in [3.63, 3.8) is 0 Å². The van der Waals surface area contributed by atoms with Crippen molar-refractivity contribution in [2.24, 2.45) is 0 Å². The van der Waals surface area contributed by atoms with Gasteiger partial charge in [0.1, 0.15) is 11.6 Å². The number of nitrogens with zero attached hydrogens (tertiary/aromatic N) is 4. The van der Waals surface area contributed by atoms with Gasteiger partial charge in [-0.25, -0.2) is 9.97 Å². The van der Waals surface area contributed by atoms with Crippen LogP contribution in [0.15, 0.2) is 12.1 Å². The number of likely N-dealkylation sites (tertiary alicyclic amines) is 2. The summed E-state index contributed by atoms with van der Waals surface area (Å²) in [4.78, 5) is 15.4. The van der Waals surface area contributed by atoms with Crippen LogP contribution in [0, 0.1) is 0 Å². The fourth-order valence-corrected chi connectivity index (χ4v) is 6.49. The van der Waals surface area contributed by atoms with Crippen LogP contribution < -0.4 is 14.8 Å². The number of nitrogens with one attached hydrogen (secondary N) is 1. The summed E-state index contributed by atoms with van der Waals surface area (Å²) in [5, 5.41) is 4.88. The van der Waals surface area contributed by atoms with Crippen molar-refractivity contribution in [2.75, 3.05) is 51.8 Å². The summed E-state index contributed by atoms with van der Waals surface area (Å²) in [6.07, 6.45) is 13.6. The monoisotopic (exact) mass is 523 g/mol. The van der Waals surface area contributed by atoms with Crippen LogP contribution in [0.3, 0.4) is 0 Å². The zero-order valence-electron chi connectivity index (χ0n) is 24.0. The molecule has 0 spiro atoms. The molecule has 2 aliphatic heterocycles. The van der Waals surface area contributed by atoms with Crippen LogP contribution >= 0.6 is 0 Å². The molecule has 1 saturated carbocycles. The largest absolute Gasteiger partial charge is 0.493 e. The fraction of sp³-hybridized carbons (Fsp3) is 0.742. The zero-order valence-corrected chi connectivity index (χ0v) is 24.0. The first-order valence-electron chi connectivity index (χ1n) is 15.4. The Balaban J connectivity index is 1.35. The predicted octanol–water partition coefficient (Wildman–Crippen LogP) is 6.23. The highest BCUT2D eigenvalue weighted by atomic mass is 16.5. The van der Waals surface area contributed by atoms with Crippen molar-refractivity contribution in [3.05, 3.63) is 18.0 Å². The molecule has 0 atom stereocenters. The molecule has 7 heteroatoms. The summed E-state index contributed by atoms with van der Waals surface area (Å²) in [5.74, 6) is 3.98. The van der Waals surface area contributed by atoms with E-state index in [1.165, 1.54) is 64.5 Å². The molecule has 1 aromatic heterocycles. The molecule has 0 amide bonds. The molecule has 1 aliphatic carbocycles. The molecule has 3 fully saturated rings. The van der Waals surface area contributed by atoms with Crippen molar-refractivity contribution in [2.45, 2.75) is 102 Å². The van der Waals surface area contributed by atoms with Gasteiger partial charge in [-0.15, -0.1) is 0 Å². The van der Waals surface area contributed by atoms with Crippen molar-refractivity contribution >= 4 is 16.7 Å². The number of piperidine rings is 2. The number of ether oxygens (including phenoxy) is 2. The SMILES string of the molecule is COc1cc2c(NC3CCN(C(C)C)CC3)nc(C3CCCCC3)nc2cc1OCCCN1CCCCC1. The zero-order chi connectivity index (χ0) is 26.3. The molecule has 38 heavy (non-hydrogen) atoms. The van der Waals surface area contributed by atoms with Crippen molar-refractivity contribution < 1.29 is 9.47 Å². The van der Waals surface area contributed by atoms with Crippen LogP contribution in [0.5, 0.6) is 11.5 Å². The van der Waals surface area contributed by atoms with E-state index in [1.807, 2.05) is 0 Å². The molecule has 3 heterocycles. The lowest BCUT2D eigenvalue weighted by Crippen LogP contribution is -2.42. The van der Waals surface area contributed by atoms with Crippen LogP contribution in [0.1, 0.15) is 96.2 Å². The summed E-state index contributed by atoms with van der Waals surface area (Å²) in [7, 11) is 1.73. The van der Waals surface area contributed by atoms with Gasteiger partial charge >= 0.3 is 0 Å². The van der Waals surface area contributed by atoms with Crippen LogP contribution in [0.4, 0.5) is 5.82 Å². The van der Waals surface area contributed by atoms with Gasteiger partial charge in [0.05, 0.1) is 19.2 Å². The van der Waals surface area contributed by atoms with Gasteiger partial charge in [0.25, 0.3) is 0 Å². The summed E-state index contributed by atoms with van der Waals surface area (Å²) >= 11 is 0. The number of rotatable bonds is 10. The maximum Gasteiger partial charge on any atom is 0.163 e. The number of fused-ring (bicyclic) bond motifs is 1. The highest BCUT2D eigenvalue weighted by molar-refractivity contribution is 5.92. The fourth-order valence-electron chi connectivity index (χ4n) is 6.49. The number of hydrogen-bond donors (Lipinski definition) is 1. The maximum atomic E-state index is 6.30. The van der Waals surface area contributed by atoms with E-state index in [4.69, 9.17) is 19.4 Å². The standard InChI is InChI=1S/C31H49N5O2/c1-23(2)36-18-13-25(14-19-36)32-31-26-21-28(37-3)29(38-20-10-17-35-15-8-5-9-16-35)22-27(26)33-30(34-31)24-11-6-4-7-12-24/h21-25H,4-20H2,1-3H3,(H,32,33,34). The third-order valence-electron chi connectivity index (χ3n) is 8.89. The lowest BCUT2D eigenvalue weighted by molar-refractivity contribution is 0.177. The Kier molecular flexibility index (Phi) is 9.60. The Morgan fingerprint density at radius 1 is 0.895 bits per heavy atom. The Morgan fingerprint density at radius 2 is 1.63 bits per heavy atom. The van der Waals surface area contributed by atoms with Gasteiger partial charge in [0.15, 0.2) is 11.5 Å². The van der Waals surface area contributed by atoms with E-state index in [0.29, 0.717) is 24.6 Å². The second-order valence-corrected chi connectivity index (χ2v) is 11.9. The molecule has 1 N–H and O–H groups in total. The quantitative estimate of drug-likeness (QED) is 0.371. The molecular formula is C31H49N5O2. The maximum absolute atomic E-state index is 6.30. The molecule has 5 rings (SSSR count). The van der Waals surface area contributed by atoms with Crippen LogP contribution in [0.25, 0.3) is 10.9 Å². The van der Waals surface area contributed by atoms with Crippen LogP contribution in [-0.2, 0) is 0 Å². The number of benzene rings is 1. The molecule has 7 nitrogen and oxygen atoms in total. The van der Waals surface area contributed by atoms with E-state index < -0.39 is 0 Å². The number of methoxy groups -OCH3 is 1. The van der Waals surface area contributed by atoms with E-state index in [-0.39, 0.29) is 0 Å². The second kappa shape index (κ2) is 13.3. The minimum Gasteiger partial charge on any atom is -0.493 e. The van der Waals surface area contributed by atoms with Gasteiger partial charge in [-0.05, 0) is 77.9 Å². The summed E-state index contributed by atoms with van der Waals surface area (Å²) < 4.78 is 12.1. The smallest absolute Gasteiger partial charge is 0.163 e. The van der Waals surface area contributed by atoms with Gasteiger partial charge < -0.3 is 24.6 Å². The molecule has 0 bridgehead atoms. The van der Waals surface area contributed by atoms with Gasteiger partial charge in [-0.3, -0.25) is 0 Å². The molecule has 3 aliphatic rings. The minimum absolute atomic E-state index is 0.430. The average Bonchev–Trinajstić information content (AvgIpc) is 2.96. The first kappa shape index (κ1) is 27.4. The van der Waals surface area contributed by atoms with E-state index in [2.05, 4.69) is 41.1 Å². The molecule has 0 unspecified atom stereocenters. The van der Waals surface area contributed by atoms with Gasteiger partial charge in [0, 0.05) is 49.1 Å². The first-order valence-corrected chi connectivity index (χ1v) is 15.4. The highest BCUT2D eigenvalue weighted by Gasteiger charge is 2.25. The Bertz CT molecular complexity index is 1020. The van der Waals surface area contributed by atoms with Gasteiger partial charge in [-0.1, -0.05) is 25.7 Å². The molecule has 1 aromatic carbocycles. The summed E-state index contributed by atoms with van der Waals surface area (Å²) in [6, 6.07) is 5.22. The van der Waals surface area contributed by atoms with Crippen molar-refractivity contribution in [1.82, 2.24) is 19.8 Å². The van der Waals surface area contributed by atoms with Gasteiger partial charge in [-0.2, -0.15) is 0 Å². The van der Waals surface area contributed by atoms with Crippen LogP contribution in [-0.4, -0.2) is 78.3 Å².